The van der Waals surface area contributed by atoms with Crippen molar-refractivity contribution < 1.29 is 4.92 Å². The van der Waals surface area contributed by atoms with Crippen LogP contribution in [-0.4, -0.2) is 9.49 Å². The van der Waals surface area contributed by atoms with E-state index < -0.39 is 0 Å². The lowest BCUT2D eigenvalue weighted by Crippen LogP contribution is -2.20. The Bertz CT molecular complexity index is 1320. The van der Waals surface area contributed by atoms with Crippen LogP contribution >= 0.6 is 11.3 Å². The van der Waals surface area contributed by atoms with Crippen LogP contribution in [-0.2, 0) is 6.42 Å². The Labute approximate surface area is 204 Å². The average molecular weight is 472 g/mol. The van der Waals surface area contributed by atoms with E-state index in [0.717, 1.165) is 34.6 Å². The Kier molecular flexibility index (Phi) is 7.38. The van der Waals surface area contributed by atoms with Crippen molar-refractivity contribution in [3.05, 3.63) is 110 Å². The van der Waals surface area contributed by atoms with Crippen LogP contribution in [0, 0.1) is 10.1 Å². The van der Waals surface area contributed by atoms with Gasteiger partial charge in [0.25, 0.3) is 5.69 Å². The number of rotatable bonds is 8. The van der Waals surface area contributed by atoms with Crippen LogP contribution < -0.4 is 4.80 Å². The molecule has 1 unspecified atom stereocenters. The smallest absolute Gasteiger partial charge is 0.270 e. The second-order valence-corrected chi connectivity index (χ2v) is 9.65. The van der Waals surface area contributed by atoms with Crippen molar-refractivity contribution in [2.24, 2.45) is 4.99 Å². The SMILES string of the molecule is CC(C)c1ccc(N=c2scc(-c3cccc([N+](=O)[O-])c3)n2C(C)CCc2ccccc2)cc1. The van der Waals surface area contributed by atoms with Crippen molar-refractivity contribution in [3.8, 4) is 11.3 Å². The molecule has 34 heavy (non-hydrogen) atoms. The number of aromatic nitrogens is 1. The average Bonchev–Trinajstić information content (AvgIpc) is 3.27. The fourth-order valence-electron chi connectivity index (χ4n) is 4.01. The molecule has 3 aromatic carbocycles. The summed E-state index contributed by atoms with van der Waals surface area (Å²) in [5.74, 6) is 0.471. The van der Waals surface area contributed by atoms with E-state index in [0.29, 0.717) is 5.92 Å². The molecule has 1 heterocycles. The molecule has 0 radical (unpaired) electrons. The molecular weight excluding hydrogens is 442 g/mol. The Balaban J connectivity index is 1.75. The van der Waals surface area contributed by atoms with E-state index in [9.17, 15) is 10.1 Å². The van der Waals surface area contributed by atoms with Crippen molar-refractivity contribution in [2.75, 3.05) is 0 Å². The summed E-state index contributed by atoms with van der Waals surface area (Å²) < 4.78 is 2.23. The summed E-state index contributed by atoms with van der Waals surface area (Å²) in [5.41, 5.74) is 5.35. The van der Waals surface area contributed by atoms with Crippen molar-refractivity contribution in [1.82, 2.24) is 4.57 Å². The van der Waals surface area contributed by atoms with Crippen LogP contribution in [0.5, 0.6) is 0 Å². The van der Waals surface area contributed by atoms with E-state index in [1.54, 1.807) is 23.5 Å². The number of non-ortho nitro benzene ring substituents is 1. The van der Waals surface area contributed by atoms with Gasteiger partial charge in [-0.25, -0.2) is 4.99 Å². The first-order valence-corrected chi connectivity index (χ1v) is 12.4. The number of benzene rings is 3. The fourth-order valence-corrected chi connectivity index (χ4v) is 5.03. The number of thiazole rings is 1. The predicted molar refractivity (Wildman–Crippen MR) is 140 cm³/mol. The second-order valence-electron chi connectivity index (χ2n) is 8.81. The molecule has 0 spiro atoms. The van der Waals surface area contributed by atoms with Gasteiger partial charge < -0.3 is 4.57 Å². The largest absolute Gasteiger partial charge is 0.314 e. The first-order chi connectivity index (χ1) is 16.4. The predicted octanol–water partition coefficient (Wildman–Crippen LogP) is 7.67. The Morgan fingerprint density at radius 1 is 0.971 bits per heavy atom. The third kappa shape index (κ3) is 5.51. The van der Waals surface area contributed by atoms with Gasteiger partial charge in [0.15, 0.2) is 4.80 Å². The summed E-state index contributed by atoms with van der Waals surface area (Å²) in [6.07, 6.45) is 1.88. The lowest BCUT2D eigenvalue weighted by atomic mass is 10.0. The van der Waals surface area contributed by atoms with Crippen molar-refractivity contribution in [2.45, 2.75) is 45.6 Å². The molecule has 6 heteroatoms. The molecule has 0 fully saturated rings. The number of nitro benzene ring substituents is 1. The summed E-state index contributed by atoms with van der Waals surface area (Å²) in [4.78, 5) is 16.9. The highest BCUT2D eigenvalue weighted by Crippen LogP contribution is 2.29. The van der Waals surface area contributed by atoms with E-state index in [1.165, 1.54) is 17.2 Å². The van der Waals surface area contributed by atoms with Gasteiger partial charge in [-0.15, -0.1) is 11.3 Å². The number of nitro groups is 1. The molecule has 0 saturated heterocycles. The maximum Gasteiger partial charge on any atom is 0.270 e. The van der Waals surface area contributed by atoms with Crippen molar-refractivity contribution in [3.63, 3.8) is 0 Å². The minimum atomic E-state index is -0.347. The molecule has 174 valence electrons. The second kappa shape index (κ2) is 10.6. The maximum atomic E-state index is 11.4. The summed E-state index contributed by atoms with van der Waals surface area (Å²) in [6, 6.07) is 25.8. The van der Waals surface area contributed by atoms with Crippen molar-refractivity contribution in [1.29, 1.82) is 0 Å². The van der Waals surface area contributed by atoms with Crippen molar-refractivity contribution >= 4 is 22.7 Å². The monoisotopic (exact) mass is 471 g/mol. The van der Waals surface area contributed by atoms with Gasteiger partial charge in [0.05, 0.1) is 16.3 Å². The molecule has 0 aliphatic rings. The zero-order chi connectivity index (χ0) is 24.1. The zero-order valence-electron chi connectivity index (χ0n) is 19.7. The van der Waals surface area contributed by atoms with E-state index in [4.69, 9.17) is 4.99 Å². The molecule has 4 rings (SSSR count). The van der Waals surface area contributed by atoms with Crippen LogP contribution in [0.4, 0.5) is 11.4 Å². The molecule has 0 amide bonds. The Morgan fingerprint density at radius 2 is 1.71 bits per heavy atom. The van der Waals surface area contributed by atoms with E-state index in [2.05, 4.69) is 79.2 Å². The zero-order valence-corrected chi connectivity index (χ0v) is 20.5. The molecule has 0 N–H and O–H groups in total. The lowest BCUT2D eigenvalue weighted by molar-refractivity contribution is -0.384. The molecule has 0 saturated carbocycles. The van der Waals surface area contributed by atoms with E-state index in [-0.39, 0.29) is 16.7 Å². The molecule has 0 aliphatic heterocycles. The van der Waals surface area contributed by atoms with Crippen LogP contribution in [0.15, 0.2) is 89.2 Å². The topological polar surface area (TPSA) is 60.4 Å². The van der Waals surface area contributed by atoms with Crippen LogP contribution in [0.3, 0.4) is 0 Å². The van der Waals surface area contributed by atoms with Gasteiger partial charge in [-0.1, -0.05) is 68.4 Å². The highest BCUT2D eigenvalue weighted by atomic mass is 32.1. The highest BCUT2D eigenvalue weighted by Gasteiger charge is 2.16. The highest BCUT2D eigenvalue weighted by molar-refractivity contribution is 7.07. The third-order valence-electron chi connectivity index (χ3n) is 6.01. The molecule has 0 aliphatic carbocycles. The van der Waals surface area contributed by atoms with E-state index in [1.807, 2.05) is 12.1 Å². The minimum absolute atomic E-state index is 0.0925. The maximum absolute atomic E-state index is 11.4. The first kappa shape index (κ1) is 23.6. The van der Waals surface area contributed by atoms with Gasteiger partial charge in [-0.05, 0) is 48.9 Å². The molecule has 5 nitrogen and oxygen atoms in total. The summed E-state index contributed by atoms with van der Waals surface area (Å²) in [5, 5.41) is 13.4. The summed E-state index contributed by atoms with van der Waals surface area (Å²) >= 11 is 1.57. The Morgan fingerprint density at radius 3 is 2.38 bits per heavy atom. The summed E-state index contributed by atoms with van der Waals surface area (Å²) in [6.45, 7) is 6.55. The normalized spacial score (nSPS) is 12.8. The van der Waals surface area contributed by atoms with Gasteiger partial charge in [0, 0.05) is 29.1 Å². The molecule has 0 bridgehead atoms. The van der Waals surface area contributed by atoms with Gasteiger partial charge in [-0.2, -0.15) is 0 Å². The number of aryl methyl sites for hydroxylation is 1. The molecular formula is C28H29N3O2S. The third-order valence-corrected chi connectivity index (χ3v) is 6.85. The van der Waals surface area contributed by atoms with Gasteiger partial charge in [-0.3, -0.25) is 10.1 Å². The van der Waals surface area contributed by atoms with Crippen LogP contribution in [0.25, 0.3) is 11.3 Å². The standard InChI is InChI=1S/C28H29N3O2S/c1-20(2)23-14-16-25(17-15-23)29-28-30(21(3)12-13-22-8-5-4-6-9-22)27(19-34-28)24-10-7-11-26(18-24)31(32)33/h4-11,14-21H,12-13H2,1-3H3. The van der Waals surface area contributed by atoms with Gasteiger partial charge in [0.2, 0.25) is 0 Å². The van der Waals surface area contributed by atoms with E-state index >= 15 is 0 Å². The Hall–Kier alpha value is -3.51. The molecule has 1 aromatic heterocycles. The fraction of sp³-hybridized carbons (Fsp3) is 0.250. The van der Waals surface area contributed by atoms with Gasteiger partial charge in [0.1, 0.15) is 0 Å². The first-order valence-electron chi connectivity index (χ1n) is 11.6. The van der Waals surface area contributed by atoms with Crippen LogP contribution in [0.1, 0.15) is 50.3 Å². The minimum Gasteiger partial charge on any atom is -0.314 e. The summed E-state index contributed by atoms with van der Waals surface area (Å²) in [7, 11) is 0. The molecule has 4 aromatic rings. The van der Waals surface area contributed by atoms with Gasteiger partial charge >= 0.3 is 0 Å². The number of hydrogen-bond donors (Lipinski definition) is 0. The number of nitrogens with zero attached hydrogens (tertiary/aromatic N) is 3. The molecule has 1 atom stereocenters. The number of hydrogen-bond acceptors (Lipinski definition) is 4. The lowest BCUT2D eigenvalue weighted by Gasteiger charge is -2.18. The quantitative estimate of drug-likeness (QED) is 0.195. The van der Waals surface area contributed by atoms with Crippen LogP contribution in [0.2, 0.25) is 0 Å².